The van der Waals surface area contributed by atoms with Crippen LogP contribution in [0.5, 0.6) is 11.6 Å². The van der Waals surface area contributed by atoms with Crippen LogP contribution in [0.2, 0.25) is 5.02 Å². The number of halogens is 2. The molecular weight excluding hydrogens is 304 g/mol. The molecule has 1 aromatic heterocycles. The summed E-state index contributed by atoms with van der Waals surface area (Å²) >= 11 is 9.16. The summed E-state index contributed by atoms with van der Waals surface area (Å²) in [5, 5.41) is 9.37. The molecule has 84 valence electrons. The van der Waals surface area contributed by atoms with Crippen molar-refractivity contribution in [2.75, 3.05) is 0 Å². The quantitative estimate of drug-likeness (QED) is 0.836. The summed E-state index contributed by atoms with van der Waals surface area (Å²) < 4.78 is 6.27. The van der Waals surface area contributed by atoms with Crippen molar-refractivity contribution < 1.29 is 4.74 Å². The fourth-order valence-electron chi connectivity index (χ4n) is 1.21. The lowest BCUT2D eigenvalue weighted by atomic mass is 10.3. The van der Waals surface area contributed by atoms with Crippen LogP contribution in [0.3, 0.4) is 0 Å². The van der Waals surface area contributed by atoms with Crippen LogP contribution in [0, 0.1) is 11.3 Å². The van der Waals surface area contributed by atoms with E-state index in [2.05, 4.69) is 20.9 Å². The molecule has 0 saturated heterocycles. The number of rotatable bonds is 2. The first-order chi connectivity index (χ1) is 8.19. The van der Waals surface area contributed by atoms with E-state index < -0.39 is 0 Å². The summed E-state index contributed by atoms with van der Waals surface area (Å²) in [6.07, 6.45) is 1.53. The van der Waals surface area contributed by atoms with Gasteiger partial charge in [0, 0.05) is 17.3 Å². The predicted molar refractivity (Wildman–Crippen MR) is 68.2 cm³/mol. The molecule has 17 heavy (non-hydrogen) atoms. The van der Waals surface area contributed by atoms with Gasteiger partial charge in [-0.1, -0.05) is 11.6 Å². The highest BCUT2D eigenvalue weighted by Gasteiger charge is 2.05. The van der Waals surface area contributed by atoms with Gasteiger partial charge in [-0.15, -0.1) is 0 Å². The van der Waals surface area contributed by atoms with Gasteiger partial charge in [0.1, 0.15) is 5.75 Å². The summed E-state index contributed by atoms with van der Waals surface area (Å²) in [5.74, 6) is 0.962. The zero-order valence-corrected chi connectivity index (χ0v) is 10.9. The fraction of sp³-hybridized carbons (Fsp3) is 0. The lowest BCUT2D eigenvalue weighted by Gasteiger charge is -2.06. The Kier molecular flexibility index (Phi) is 3.62. The van der Waals surface area contributed by atoms with E-state index in [1.807, 2.05) is 6.07 Å². The Labute approximate surface area is 112 Å². The van der Waals surface area contributed by atoms with E-state index in [0.717, 1.165) is 4.47 Å². The van der Waals surface area contributed by atoms with E-state index in [1.54, 1.807) is 30.3 Å². The van der Waals surface area contributed by atoms with Gasteiger partial charge in [-0.25, -0.2) is 4.98 Å². The molecule has 0 aliphatic carbocycles. The second-order valence-electron chi connectivity index (χ2n) is 3.17. The Bertz CT molecular complexity index is 595. The molecule has 0 N–H and O–H groups in total. The largest absolute Gasteiger partial charge is 0.438 e. The third-order valence-electron chi connectivity index (χ3n) is 1.97. The highest BCUT2D eigenvalue weighted by molar-refractivity contribution is 9.10. The van der Waals surface area contributed by atoms with Crippen LogP contribution in [0.4, 0.5) is 0 Å². The molecule has 0 aliphatic rings. The zero-order chi connectivity index (χ0) is 12.3. The normalized spacial score (nSPS) is 9.71. The Morgan fingerprint density at radius 3 is 2.82 bits per heavy atom. The second kappa shape index (κ2) is 5.17. The molecule has 0 radical (unpaired) electrons. The van der Waals surface area contributed by atoms with E-state index in [4.69, 9.17) is 21.6 Å². The zero-order valence-electron chi connectivity index (χ0n) is 8.52. The van der Waals surface area contributed by atoms with Crippen molar-refractivity contribution in [3.05, 3.63) is 51.6 Å². The van der Waals surface area contributed by atoms with Gasteiger partial charge < -0.3 is 4.74 Å². The van der Waals surface area contributed by atoms with Crippen molar-refractivity contribution in [2.45, 2.75) is 0 Å². The summed E-state index contributed by atoms with van der Waals surface area (Å²) in [5.41, 5.74) is 0.500. The van der Waals surface area contributed by atoms with Gasteiger partial charge in [0.15, 0.2) is 0 Å². The number of benzene rings is 1. The van der Waals surface area contributed by atoms with Crippen molar-refractivity contribution in [1.29, 1.82) is 5.26 Å². The molecule has 0 bridgehead atoms. The minimum atomic E-state index is 0.368. The fourth-order valence-corrected chi connectivity index (χ4v) is 1.97. The van der Waals surface area contributed by atoms with E-state index in [0.29, 0.717) is 22.2 Å². The average Bonchev–Trinajstić information content (AvgIpc) is 2.33. The molecule has 0 saturated carbocycles. The first kappa shape index (κ1) is 11.9. The van der Waals surface area contributed by atoms with Crippen LogP contribution in [-0.4, -0.2) is 4.98 Å². The molecule has 0 amide bonds. The number of aromatic nitrogens is 1. The maximum absolute atomic E-state index is 8.76. The predicted octanol–water partition coefficient (Wildman–Crippen LogP) is 4.16. The molecular formula is C12H6BrClN2O. The van der Waals surface area contributed by atoms with Crippen molar-refractivity contribution in [1.82, 2.24) is 4.98 Å². The van der Waals surface area contributed by atoms with Crippen molar-refractivity contribution >= 4 is 27.5 Å². The molecule has 0 atom stereocenters. The SMILES string of the molecule is N#Cc1ccnc(Oc2ccc(Cl)cc2Br)c1. The highest BCUT2D eigenvalue weighted by atomic mass is 79.9. The number of ether oxygens (including phenoxy) is 1. The number of pyridine rings is 1. The van der Waals surface area contributed by atoms with Crippen molar-refractivity contribution in [2.24, 2.45) is 0 Å². The third-order valence-corrected chi connectivity index (χ3v) is 2.83. The van der Waals surface area contributed by atoms with Crippen molar-refractivity contribution in [3.8, 4) is 17.7 Å². The van der Waals surface area contributed by atoms with Crippen LogP contribution < -0.4 is 4.74 Å². The monoisotopic (exact) mass is 308 g/mol. The van der Waals surface area contributed by atoms with Gasteiger partial charge in [-0.3, -0.25) is 0 Å². The molecule has 2 rings (SSSR count). The smallest absolute Gasteiger partial charge is 0.220 e. The van der Waals surface area contributed by atoms with Crippen LogP contribution in [0.15, 0.2) is 41.0 Å². The number of nitrogens with zero attached hydrogens (tertiary/aromatic N) is 2. The molecule has 5 heteroatoms. The van der Waals surface area contributed by atoms with Gasteiger partial charge in [-0.05, 0) is 40.2 Å². The third kappa shape index (κ3) is 2.96. The van der Waals surface area contributed by atoms with Crippen LogP contribution in [0.25, 0.3) is 0 Å². The molecule has 0 spiro atoms. The average molecular weight is 310 g/mol. The summed E-state index contributed by atoms with van der Waals surface area (Å²) in [6.45, 7) is 0. The summed E-state index contributed by atoms with van der Waals surface area (Å²) in [6, 6.07) is 10.4. The van der Waals surface area contributed by atoms with Gasteiger partial charge in [0.05, 0.1) is 16.1 Å². The van der Waals surface area contributed by atoms with E-state index in [9.17, 15) is 0 Å². The van der Waals surface area contributed by atoms with Gasteiger partial charge >= 0.3 is 0 Å². The van der Waals surface area contributed by atoms with Crippen LogP contribution >= 0.6 is 27.5 Å². The summed E-state index contributed by atoms with van der Waals surface area (Å²) in [7, 11) is 0. The topological polar surface area (TPSA) is 45.9 Å². The standard InChI is InChI=1S/C12H6BrClN2O/c13-10-6-9(14)1-2-11(10)17-12-5-8(7-15)3-4-16-12/h1-6H. The maximum Gasteiger partial charge on any atom is 0.220 e. The molecule has 0 fully saturated rings. The number of hydrogen-bond acceptors (Lipinski definition) is 3. The van der Waals surface area contributed by atoms with E-state index >= 15 is 0 Å². The molecule has 2 aromatic rings. The second-order valence-corrected chi connectivity index (χ2v) is 4.46. The molecule has 1 heterocycles. The highest BCUT2D eigenvalue weighted by Crippen LogP contribution is 2.31. The Hall–Kier alpha value is -1.57. The first-order valence-corrected chi connectivity index (χ1v) is 5.85. The lowest BCUT2D eigenvalue weighted by Crippen LogP contribution is -1.89. The first-order valence-electron chi connectivity index (χ1n) is 4.68. The number of nitriles is 1. The van der Waals surface area contributed by atoms with Crippen LogP contribution in [-0.2, 0) is 0 Å². The van der Waals surface area contributed by atoms with E-state index in [-0.39, 0.29) is 0 Å². The minimum Gasteiger partial charge on any atom is -0.438 e. The summed E-state index contributed by atoms with van der Waals surface area (Å²) in [4.78, 5) is 4.02. The molecule has 1 aromatic carbocycles. The van der Waals surface area contributed by atoms with Gasteiger partial charge in [0.2, 0.25) is 5.88 Å². The number of hydrogen-bond donors (Lipinski definition) is 0. The van der Waals surface area contributed by atoms with E-state index in [1.165, 1.54) is 6.20 Å². The molecule has 0 aliphatic heterocycles. The Morgan fingerprint density at radius 2 is 2.12 bits per heavy atom. The van der Waals surface area contributed by atoms with Gasteiger partial charge in [0.25, 0.3) is 0 Å². The molecule has 0 unspecified atom stereocenters. The minimum absolute atomic E-state index is 0.368. The lowest BCUT2D eigenvalue weighted by molar-refractivity contribution is 0.460. The molecule has 3 nitrogen and oxygen atoms in total. The van der Waals surface area contributed by atoms with Crippen LogP contribution in [0.1, 0.15) is 5.56 Å². The van der Waals surface area contributed by atoms with Gasteiger partial charge in [-0.2, -0.15) is 5.26 Å². The Morgan fingerprint density at radius 1 is 1.29 bits per heavy atom. The Balaban J connectivity index is 2.28. The van der Waals surface area contributed by atoms with Crippen molar-refractivity contribution in [3.63, 3.8) is 0 Å². The maximum atomic E-state index is 8.76.